The van der Waals surface area contributed by atoms with Gasteiger partial charge in [0.25, 0.3) is 0 Å². The van der Waals surface area contributed by atoms with Crippen molar-refractivity contribution in [2.45, 2.75) is 45.4 Å². The maximum Gasteiger partial charge on any atom is 0.249 e. The van der Waals surface area contributed by atoms with Crippen molar-refractivity contribution < 1.29 is 14.3 Å². The molecule has 5 atom stereocenters. The molecule has 0 bridgehead atoms. The summed E-state index contributed by atoms with van der Waals surface area (Å²) in [5.74, 6) is 2.90. The number of nitrogens with one attached hydrogen (secondary N) is 1. The highest BCUT2D eigenvalue weighted by molar-refractivity contribution is 5.94. The van der Waals surface area contributed by atoms with Crippen LogP contribution in [0.1, 0.15) is 56.6 Å². The lowest BCUT2D eigenvalue weighted by Crippen LogP contribution is -2.42. The fourth-order valence-corrected chi connectivity index (χ4v) is 6.31. The first-order chi connectivity index (χ1) is 17.0. The number of fused-ring (bicyclic) bond motifs is 1. The quantitative estimate of drug-likeness (QED) is 0.676. The molecule has 0 aromatic carbocycles. The van der Waals surface area contributed by atoms with Gasteiger partial charge in [-0.1, -0.05) is 39.0 Å². The molecule has 2 aliphatic carbocycles. The average Bonchev–Trinajstić information content (AvgIpc) is 3.52. The van der Waals surface area contributed by atoms with Crippen molar-refractivity contribution >= 4 is 16.9 Å². The zero-order chi connectivity index (χ0) is 24.1. The molecular formula is C29H35N3O3. The molecule has 2 aliphatic heterocycles. The second kappa shape index (κ2) is 8.98. The van der Waals surface area contributed by atoms with Crippen molar-refractivity contribution in [3.8, 4) is 0 Å². The van der Waals surface area contributed by atoms with Crippen LogP contribution < -0.4 is 0 Å². The van der Waals surface area contributed by atoms with E-state index in [0.29, 0.717) is 44.1 Å². The van der Waals surface area contributed by atoms with Crippen LogP contribution in [0, 0.1) is 17.8 Å². The number of aromatic nitrogens is 2. The van der Waals surface area contributed by atoms with Crippen molar-refractivity contribution in [2.75, 3.05) is 32.9 Å². The highest BCUT2D eigenvalue weighted by Gasteiger charge is 2.35. The molecule has 0 saturated carbocycles. The number of morpholine rings is 1. The molecule has 4 aliphatic rings. The summed E-state index contributed by atoms with van der Waals surface area (Å²) >= 11 is 0. The van der Waals surface area contributed by atoms with Crippen molar-refractivity contribution in [3.63, 3.8) is 0 Å². The summed E-state index contributed by atoms with van der Waals surface area (Å²) in [7, 11) is 0. The van der Waals surface area contributed by atoms with Crippen LogP contribution in [-0.4, -0.2) is 53.7 Å². The number of nitrogens with zero attached hydrogens (tertiary/aromatic N) is 2. The summed E-state index contributed by atoms with van der Waals surface area (Å²) in [6.45, 7) is 10.2. The summed E-state index contributed by atoms with van der Waals surface area (Å²) in [5, 5.41) is 1.16. The van der Waals surface area contributed by atoms with Crippen LogP contribution in [0.3, 0.4) is 0 Å². The molecule has 0 spiro atoms. The van der Waals surface area contributed by atoms with Gasteiger partial charge in [-0.25, -0.2) is 4.98 Å². The lowest BCUT2D eigenvalue weighted by molar-refractivity contribution is -0.131. The third kappa shape index (κ3) is 3.92. The van der Waals surface area contributed by atoms with Gasteiger partial charge in [-0.2, -0.15) is 0 Å². The van der Waals surface area contributed by atoms with Gasteiger partial charge in [0.2, 0.25) is 5.91 Å². The number of carbonyl (C=O) groups excluding carboxylic acids is 1. The molecule has 1 fully saturated rings. The van der Waals surface area contributed by atoms with E-state index < -0.39 is 0 Å². The van der Waals surface area contributed by atoms with Crippen molar-refractivity contribution in [1.82, 2.24) is 14.9 Å². The Balaban J connectivity index is 1.37. The van der Waals surface area contributed by atoms with Crippen LogP contribution in [0.5, 0.6) is 0 Å². The summed E-state index contributed by atoms with van der Waals surface area (Å²) in [4.78, 5) is 23.5. The lowest BCUT2D eigenvalue weighted by atomic mass is 9.72. The fraction of sp³-hybridized carbons (Fsp3) is 0.517. The number of ether oxygens (including phenoxy) is 2. The standard InChI is InChI=1S/C29H35N3O3/c1-17-4-5-20-6-9-35-27(20)26(17)25-16-31-28-24(25)14-22(15-30-28)23-13-21(12-18(2)19(23)3)29(33)32-7-10-34-11-8-32/h4-5,13-19,23,26H,6-12H2,1-3H3,(H,30,31). The molecule has 0 radical (unpaired) electrons. The second-order valence-corrected chi connectivity index (χ2v) is 10.8. The smallest absolute Gasteiger partial charge is 0.249 e. The van der Waals surface area contributed by atoms with Gasteiger partial charge in [0.1, 0.15) is 11.4 Å². The van der Waals surface area contributed by atoms with Crippen LogP contribution in [-0.2, 0) is 14.3 Å². The van der Waals surface area contributed by atoms with E-state index in [1.807, 2.05) is 11.1 Å². The molecule has 35 heavy (non-hydrogen) atoms. The Kier molecular flexibility index (Phi) is 5.79. The average molecular weight is 474 g/mol. The van der Waals surface area contributed by atoms with Crippen LogP contribution in [0.4, 0.5) is 0 Å². The first-order valence-corrected chi connectivity index (χ1v) is 13.1. The number of pyridine rings is 1. The van der Waals surface area contributed by atoms with Gasteiger partial charge < -0.3 is 19.4 Å². The topological polar surface area (TPSA) is 67.5 Å². The van der Waals surface area contributed by atoms with Crippen LogP contribution in [0.25, 0.3) is 11.0 Å². The van der Waals surface area contributed by atoms with Gasteiger partial charge in [0.15, 0.2) is 0 Å². The summed E-state index contributed by atoms with van der Waals surface area (Å²) in [6, 6.07) is 2.31. The Bertz CT molecular complexity index is 1230. The predicted octanol–water partition coefficient (Wildman–Crippen LogP) is 5.07. The molecule has 1 amide bonds. The van der Waals surface area contributed by atoms with Crippen LogP contribution >= 0.6 is 0 Å². The van der Waals surface area contributed by atoms with Crippen molar-refractivity contribution in [2.24, 2.45) is 17.8 Å². The normalized spacial score (nSPS) is 30.9. The van der Waals surface area contributed by atoms with E-state index >= 15 is 0 Å². The van der Waals surface area contributed by atoms with E-state index in [9.17, 15) is 4.79 Å². The van der Waals surface area contributed by atoms with E-state index in [2.05, 4.69) is 56.2 Å². The second-order valence-electron chi connectivity index (χ2n) is 10.8. The van der Waals surface area contributed by atoms with Crippen molar-refractivity contribution in [1.29, 1.82) is 0 Å². The fourth-order valence-electron chi connectivity index (χ4n) is 6.31. The number of amides is 1. The number of allylic oxidation sites excluding steroid dienone is 4. The molecule has 6 nitrogen and oxygen atoms in total. The minimum Gasteiger partial charge on any atom is -0.497 e. The van der Waals surface area contributed by atoms with E-state index in [1.54, 1.807) is 0 Å². The van der Waals surface area contributed by atoms with Crippen LogP contribution in [0.15, 0.2) is 53.6 Å². The van der Waals surface area contributed by atoms with Gasteiger partial charge in [0.05, 0.1) is 19.8 Å². The Morgan fingerprint density at radius 2 is 2.00 bits per heavy atom. The molecule has 4 heterocycles. The lowest BCUT2D eigenvalue weighted by Gasteiger charge is -2.35. The largest absolute Gasteiger partial charge is 0.497 e. The van der Waals surface area contributed by atoms with E-state index in [0.717, 1.165) is 41.8 Å². The molecule has 5 unspecified atom stereocenters. The molecule has 2 aromatic rings. The first-order valence-electron chi connectivity index (χ1n) is 13.1. The minimum absolute atomic E-state index is 0.166. The summed E-state index contributed by atoms with van der Waals surface area (Å²) in [6.07, 6.45) is 12.7. The van der Waals surface area contributed by atoms with Crippen LogP contribution in [0.2, 0.25) is 0 Å². The maximum atomic E-state index is 13.3. The number of H-pyrrole nitrogens is 1. The third-order valence-electron chi connectivity index (χ3n) is 8.62. The maximum absolute atomic E-state index is 13.3. The Labute approximate surface area is 207 Å². The number of hydrogen-bond acceptors (Lipinski definition) is 4. The number of hydrogen-bond donors (Lipinski definition) is 1. The third-order valence-corrected chi connectivity index (χ3v) is 8.62. The monoisotopic (exact) mass is 473 g/mol. The van der Waals surface area contributed by atoms with Gasteiger partial charge in [0, 0.05) is 54.7 Å². The van der Waals surface area contributed by atoms with Gasteiger partial charge >= 0.3 is 0 Å². The number of aromatic amines is 1. The molecule has 6 heteroatoms. The summed E-state index contributed by atoms with van der Waals surface area (Å²) in [5.41, 5.74) is 5.62. The zero-order valence-corrected chi connectivity index (χ0v) is 20.9. The summed E-state index contributed by atoms with van der Waals surface area (Å²) < 4.78 is 11.6. The Morgan fingerprint density at radius 1 is 1.17 bits per heavy atom. The Morgan fingerprint density at radius 3 is 2.83 bits per heavy atom. The Hall–Kier alpha value is -2.86. The highest BCUT2D eigenvalue weighted by atomic mass is 16.5. The van der Waals surface area contributed by atoms with Crippen molar-refractivity contribution in [3.05, 3.63) is 64.7 Å². The molecule has 184 valence electrons. The molecule has 1 N–H and O–H groups in total. The first kappa shape index (κ1) is 22.6. The van der Waals surface area contributed by atoms with E-state index in [1.165, 1.54) is 16.7 Å². The molecule has 6 rings (SSSR count). The molecule has 1 saturated heterocycles. The highest BCUT2D eigenvalue weighted by Crippen LogP contribution is 2.45. The van der Waals surface area contributed by atoms with E-state index in [4.69, 9.17) is 14.5 Å². The zero-order valence-electron chi connectivity index (χ0n) is 20.9. The molecular weight excluding hydrogens is 438 g/mol. The predicted molar refractivity (Wildman–Crippen MR) is 136 cm³/mol. The van der Waals surface area contributed by atoms with E-state index in [-0.39, 0.29) is 17.7 Å². The van der Waals surface area contributed by atoms with Gasteiger partial charge in [-0.15, -0.1) is 0 Å². The van der Waals surface area contributed by atoms with Gasteiger partial charge in [-0.3, -0.25) is 4.79 Å². The number of carbonyl (C=O) groups is 1. The minimum atomic E-state index is 0.166. The number of rotatable bonds is 3. The SMILES string of the molecule is CC1C=CC2=C(OCC2)C1c1c[nH]c2ncc(C3C=C(C(=O)N4CCOCC4)CC(C)C3C)cc12. The van der Waals surface area contributed by atoms with Gasteiger partial charge in [-0.05, 0) is 46.9 Å². The molecule has 2 aromatic heterocycles.